The molecule has 1 aromatic carbocycles. The molecule has 1 N–H and O–H groups in total. The number of halogens is 1. The van der Waals surface area contributed by atoms with Crippen molar-refractivity contribution in [2.45, 2.75) is 44.7 Å². The molecule has 2 atom stereocenters. The van der Waals surface area contributed by atoms with Crippen LogP contribution in [0.25, 0.3) is 0 Å². The van der Waals surface area contributed by atoms with Gasteiger partial charge < -0.3 is 9.84 Å². The van der Waals surface area contributed by atoms with E-state index in [9.17, 15) is 14.3 Å². The first-order valence-corrected chi connectivity index (χ1v) is 6.71. The molecule has 1 saturated heterocycles. The topological polar surface area (TPSA) is 49.8 Å². The highest BCUT2D eigenvalue weighted by Gasteiger charge is 2.43. The predicted molar refractivity (Wildman–Crippen MR) is 72.9 cm³/mol. The second-order valence-corrected chi connectivity index (χ2v) is 5.69. The molecular formula is C15H20FNO3. The van der Waals surface area contributed by atoms with Crippen molar-refractivity contribution in [3.63, 3.8) is 0 Å². The molecule has 0 saturated carbocycles. The van der Waals surface area contributed by atoms with Crippen LogP contribution in [-0.4, -0.2) is 40.5 Å². The fourth-order valence-corrected chi connectivity index (χ4v) is 2.46. The highest BCUT2D eigenvalue weighted by Crippen LogP contribution is 2.29. The fraction of sp³-hybridized carbons (Fsp3) is 0.533. The summed E-state index contributed by atoms with van der Waals surface area (Å²) in [7, 11) is 0. The average molecular weight is 281 g/mol. The van der Waals surface area contributed by atoms with Crippen LogP contribution in [0.1, 0.15) is 25.8 Å². The Morgan fingerprint density at radius 2 is 2.10 bits per heavy atom. The van der Waals surface area contributed by atoms with Gasteiger partial charge in [-0.05, 0) is 19.4 Å². The van der Waals surface area contributed by atoms with Crippen LogP contribution in [0, 0.1) is 0 Å². The van der Waals surface area contributed by atoms with Gasteiger partial charge in [-0.2, -0.15) is 0 Å². The maximum Gasteiger partial charge on any atom is 0.410 e. The molecule has 20 heavy (non-hydrogen) atoms. The zero-order valence-corrected chi connectivity index (χ0v) is 11.8. The Hall–Kier alpha value is -1.62. The minimum atomic E-state index is -1.15. The van der Waals surface area contributed by atoms with E-state index in [-0.39, 0.29) is 19.6 Å². The number of carbonyl (C=O) groups is 1. The molecule has 2 rings (SSSR count). The lowest BCUT2D eigenvalue weighted by molar-refractivity contribution is -0.00571. The van der Waals surface area contributed by atoms with E-state index in [0.29, 0.717) is 0 Å². The van der Waals surface area contributed by atoms with Crippen LogP contribution < -0.4 is 0 Å². The minimum Gasteiger partial charge on any atom is -0.445 e. The number of amides is 1. The van der Waals surface area contributed by atoms with Gasteiger partial charge in [0.2, 0.25) is 0 Å². The van der Waals surface area contributed by atoms with Gasteiger partial charge in [0.1, 0.15) is 12.8 Å². The molecule has 0 bridgehead atoms. The number of nitrogens with zero attached hydrogens (tertiary/aromatic N) is 1. The molecule has 110 valence electrons. The summed E-state index contributed by atoms with van der Waals surface area (Å²) in [4.78, 5) is 13.3. The minimum absolute atomic E-state index is 0.0255. The Morgan fingerprint density at radius 1 is 1.45 bits per heavy atom. The first-order chi connectivity index (χ1) is 9.38. The van der Waals surface area contributed by atoms with E-state index in [1.165, 1.54) is 4.90 Å². The highest BCUT2D eigenvalue weighted by molar-refractivity contribution is 5.68. The van der Waals surface area contributed by atoms with Gasteiger partial charge in [-0.3, -0.25) is 4.90 Å². The normalized spacial score (nSPS) is 22.9. The maximum absolute atomic E-state index is 13.5. The number of hydrogen-bond acceptors (Lipinski definition) is 3. The van der Waals surface area contributed by atoms with E-state index in [1.54, 1.807) is 13.8 Å². The summed E-state index contributed by atoms with van der Waals surface area (Å²) in [6, 6.07) is 8.74. The van der Waals surface area contributed by atoms with E-state index in [4.69, 9.17) is 4.74 Å². The van der Waals surface area contributed by atoms with Crippen molar-refractivity contribution in [3.05, 3.63) is 35.9 Å². The molecule has 1 aromatic rings. The summed E-state index contributed by atoms with van der Waals surface area (Å²) in [5, 5.41) is 10.0. The van der Waals surface area contributed by atoms with Crippen molar-refractivity contribution < 1.29 is 19.0 Å². The van der Waals surface area contributed by atoms with Crippen molar-refractivity contribution in [2.24, 2.45) is 0 Å². The molecular weight excluding hydrogens is 261 g/mol. The van der Waals surface area contributed by atoms with Crippen molar-refractivity contribution in [1.29, 1.82) is 0 Å². The standard InChI is InChI=1S/C15H20FNO3/c1-15(2,19)13-8-12(16)9-17(13)14(18)20-10-11-6-4-3-5-7-11/h3-7,12-13,19H,8-10H2,1-2H3/t12-,13+/m1/s1. The molecule has 0 spiro atoms. The van der Waals surface area contributed by atoms with Gasteiger partial charge in [0, 0.05) is 6.42 Å². The zero-order chi connectivity index (χ0) is 14.8. The van der Waals surface area contributed by atoms with Crippen LogP contribution >= 0.6 is 0 Å². The molecule has 0 aliphatic carbocycles. The third-order valence-corrected chi connectivity index (χ3v) is 3.51. The Bertz CT molecular complexity index is 458. The molecule has 1 fully saturated rings. The molecule has 4 nitrogen and oxygen atoms in total. The summed E-state index contributed by atoms with van der Waals surface area (Å²) in [6.45, 7) is 3.27. The van der Waals surface area contributed by atoms with Crippen LogP contribution in [0.15, 0.2) is 30.3 Å². The highest BCUT2D eigenvalue weighted by atomic mass is 19.1. The van der Waals surface area contributed by atoms with Gasteiger partial charge in [0.25, 0.3) is 0 Å². The molecule has 1 aliphatic heterocycles. The fourth-order valence-electron chi connectivity index (χ4n) is 2.46. The zero-order valence-electron chi connectivity index (χ0n) is 11.8. The van der Waals surface area contributed by atoms with E-state index >= 15 is 0 Å². The Balaban J connectivity index is 1.97. The van der Waals surface area contributed by atoms with E-state index in [1.807, 2.05) is 30.3 Å². The Labute approximate surface area is 118 Å². The van der Waals surface area contributed by atoms with Crippen molar-refractivity contribution in [3.8, 4) is 0 Å². The Morgan fingerprint density at radius 3 is 2.70 bits per heavy atom. The van der Waals surface area contributed by atoms with Gasteiger partial charge in [-0.25, -0.2) is 9.18 Å². The first kappa shape index (κ1) is 14.8. The number of rotatable bonds is 3. The number of carbonyl (C=O) groups excluding carboxylic acids is 1. The summed E-state index contributed by atoms with van der Waals surface area (Å²) >= 11 is 0. The largest absolute Gasteiger partial charge is 0.445 e. The van der Waals surface area contributed by atoms with Crippen molar-refractivity contribution in [2.75, 3.05) is 6.54 Å². The molecule has 5 heteroatoms. The third kappa shape index (κ3) is 3.48. The lowest BCUT2D eigenvalue weighted by Crippen LogP contribution is -2.48. The number of benzene rings is 1. The summed E-state index contributed by atoms with van der Waals surface area (Å²) in [6.07, 6.45) is -1.55. The average Bonchev–Trinajstić information content (AvgIpc) is 2.79. The molecule has 1 amide bonds. The van der Waals surface area contributed by atoms with Crippen LogP contribution in [0.4, 0.5) is 9.18 Å². The van der Waals surface area contributed by atoms with Crippen LogP contribution in [0.5, 0.6) is 0 Å². The second kappa shape index (κ2) is 5.79. The Kier molecular flexibility index (Phi) is 4.28. The van der Waals surface area contributed by atoms with Gasteiger partial charge in [-0.1, -0.05) is 30.3 Å². The lowest BCUT2D eigenvalue weighted by atomic mass is 9.96. The molecule has 1 heterocycles. The number of aliphatic hydroxyl groups is 1. The van der Waals surface area contributed by atoms with Gasteiger partial charge in [0.05, 0.1) is 18.2 Å². The molecule has 1 aliphatic rings. The predicted octanol–water partition coefficient (Wildman–Crippen LogP) is 2.51. The SMILES string of the molecule is CC(C)(O)[C@@H]1C[C@@H](F)CN1C(=O)OCc1ccccc1. The van der Waals surface area contributed by atoms with E-state index in [0.717, 1.165) is 5.56 Å². The summed E-state index contributed by atoms with van der Waals surface area (Å²) in [5.74, 6) is 0. The summed E-state index contributed by atoms with van der Waals surface area (Å²) < 4.78 is 18.7. The molecule has 0 radical (unpaired) electrons. The van der Waals surface area contributed by atoms with Gasteiger partial charge in [-0.15, -0.1) is 0 Å². The second-order valence-electron chi connectivity index (χ2n) is 5.69. The van der Waals surface area contributed by atoms with Crippen LogP contribution in [-0.2, 0) is 11.3 Å². The molecule has 0 aromatic heterocycles. The van der Waals surface area contributed by atoms with Crippen LogP contribution in [0.2, 0.25) is 0 Å². The summed E-state index contributed by atoms with van der Waals surface area (Å²) in [5.41, 5.74) is -0.274. The quantitative estimate of drug-likeness (QED) is 0.926. The molecule has 0 unspecified atom stereocenters. The third-order valence-electron chi connectivity index (χ3n) is 3.51. The monoisotopic (exact) mass is 281 g/mol. The van der Waals surface area contributed by atoms with Crippen LogP contribution in [0.3, 0.4) is 0 Å². The van der Waals surface area contributed by atoms with Gasteiger partial charge >= 0.3 is 6.09 Å². The first-order valence-electron chi connectivity index (χ1n) is 6.71. The maximum atomic E-state index is 13.5. The lowest BCUT2D eigenvalue weighted by Gasteiger charge is -2.32. The number of likely N-dealkylation sites (tertiary alicyclic amines) is 1. The van der Waals surface area contributed by atoms with E-state index < -0.39 is 23.9 Å². The van der Waals surface area contributed by atoms with Crippen molar-refractivity contribution >= 4 is 6.09 Å². The van der Waals surface area contributed by atoms with Gasteiger partial charge in [0.15, 0.2) is 0 Å². The number of alkyl halides is 1. The number of ether oxygens (including phenoxy) is 1. The smallest absolute Gasteiger partial charge is 0.410 e. The van der Waals surface area contributed by atoms with E-state index in [2.05, 4.69) is 0 Å². The number of hydrogen-bond donors (Lipinski definition) is 1. The van der Waals surface area contributed by atoms with Crippen molar-refractivity contribution in [1.82, 2.24) is 4.90 Å².